The number of nitrogens with zero attached hydrogens (tertiary/aromatic N) is 2. The molecule has 1 atom stereocenters. The zero-order valence-electron chi connectivity index (χ0n) is 15.2. The highest BCUT2D eigenvalue weighted by Gasteiger charge is 2.21. The smallest absolute Gasteiger partial charge is 0.317 e. The Hall–Kier alpha value is -1.59. The minimum absolute atomic E-state index is 0.102. The normalized spacial score (nSPS) is 21.4. The summed E-state index contributed by atoms with van der Waals surface area (Å²) < 4.78 is 5.39. The predicted octanol–water partition coefficient (Wildman–Crippen LogP) is 2.37. The number of rotatable bonds is 7. The molecule has 138 valence electrons. The van der Waals surface area contributed by atoms with Crippen LogP contribution in [-0.2, 0) is 11.2 Å². The molecule has 5 heteroatoms. The molecule has 0 spiro atoms. The van der Waals surface area contributed by atoms with Gasteiger partial charge in [0.15, 0.2) is 0 Å². The van der Waals surface area contributed by atoms with E-state index in [1.54, 1.807) is 0 Å². The monoisotopic (exact) mass is 345 g/mol. The lowest BCUT2D eigenvalue weighted by molar-refractivity contribution is 0.140. The summed E-state index contributed by atoms with van der Waals surface area (Å²) in [6, 6.07) is 10.7. The van der Waals surface area contributed by atoms with Crippen molar-refractivity contribution < 1.29 is 9.53 Å². The lowest BCUT2D eigenvalue weighted by Gasteiger charge is -2.34. The molecule has 2 heterocycles. The van der Waals surface area contributed by atoms with E-state index in [0.717, 1.165) is 71.7 Å². The number of carbonyl (C=O) groups excluding carboxylic acids is 1. The van der Waals surface area contributed by atoms with Crippen molar-refractivity contribution in [1.29, 1.82) is 0 Å². The average Bonchev–Trinajstić information content (AvgIpc) is 3.18. The maximum Gasteiger partial charge on any atom is 0.317 e. The van der Waals surface area contributed by atoms with Gasteiger partial charge in [0.1, 0.15) is 0 Å². The third kappa shape index (κ3) is 6.01. The van der Waals surface area contributed by atoms with E-state index in [1.165, 1.54) is 12.0 Å². The number of piperazine rings is 1. The molecule has 3 rings (SSSR count). The van der Waals surface area contributed by atoms with Crippen LogP contribution in [0, 0.1) is 5.92 Å². The van der Waals surface area contributed by atoms with Crippen molar-refractivity contribution >= 4 is 6.03 Å². The minimum Gasteiger partial charge on any atom is -0.381 e. The molecule has 2 saturated heterocycles. The molecule has 2 aliphatic heterocycles. The van der Waals surface area contributed by atoms with Crippen LogP contribution in [0.5, 0.6) is 0 Å². The van der Waals surface area contributed by atoms with Crippen LogP contribution in [0.3, 0.4) is 0 Å². The summed E-state index contributed by atoms with van der Waals surface area (Å²) in [7, 11) is 0. The molecular formula is C20H31N3O2. The Morgan fingerprint density at radius 3 is 2.68 bits per heavy atom. The van der Waals surface area contributed by atoms with Crippen LogP contribution < -0.4 is 5.32 Å². The molecule has 0 unspecified atom stereocenters. The second-order valence-electron chi connectivity index (χ2n) is 7.17. The number of amides is 2. The molecule has 1 N–H and O–H groups in total. The van der Waals surface area contributed by atoms with Gasteiger partial charge in [-0.25, -0.2) is 4.79 Å². The van der Waals surface area contributed by atoms with Crippen molar-refractivity contribution in [2.45, 2.75) is 25.7 Å². The van der Waals surface area contributed by atoms with E-state index in [2.05, 4.69) is 40.5 Å². The van der Waals surface area contributed by atoms with Gasteiger partial charge in [-0.3, -0.25) is 4.90 Å². The van der Waals surface area contributed by atoms with Crippen LogP contribution in [0.15, 0.2) is 30.3 Å². The number of hydrogen-bond donors (Lipinski definition) is 1. The predicted molar refractivity (Wildman–Crippen MR) is 99.7 cm³/mol. The van der Waals surface area contributed by atoms with E-state index in [-0.39, 0.29) is 6.03 Å². The van der Waals surface area contributed by atoms with Gasteiger partial charge in [0, 0.05) is 52.5 Å². The molecule has 2 aliphatic rings. The van der Waals surface area contributed by atoms with Gasteiger partial charge in [-0.2, -0.15) is 0 Å². The van der Waals surface area contributed by atoms with Gasteiger partial charge in [-0.05, 0) is 37.2 Å². The topological polar surface area (TPSA) is 44.8 Å². The van der Waals surface area contributed by atoms with E-state index in [1.807, 2.05) is 4.90 Å². The molecule has 0 radical (unpaired) electrons. The van der Waals surface area contributed by atoms with E-state index >= 15 is 0 Å². The Morgan fingerprint density at radius 2 is 1.96 bits per heavy atom. The summed E-state index contributed by atoms with van der Waals surface area (Å²) in [6.45, 7) is 7.27. The van der Waals surface area contributed by atoms with Gasteiger partial charge in [0.2, 0.25) is 0 Å². The molecule has 5 nitrogen and oxygen atoms in total. The summed E-state index contributed by atoms with van der Waals surface area (Å²) in [5.41, 5.74) is 1.38. The van der Waals surface area contributed by atoms with Gasteiger partial charge in [0.25, 0.3) is 0 Å². The second-order valence-corrected chi connectivity index (χ2v) is 7.17. The van der Waals surface area contributed by atoms with E-state index in [0.29, 0.717) is 5.92 Å². The molecule has 0 saturated carbocycles. The molecule has 0 bridgehead atoms. The van der Waals surface area contributed by atoms with Crippen LogP contribution in [0.4, 0.5) is 4.79 Å². The van der Waals surface area contributed by atoms with Gasteiger partial charge >= 0.3 is 6.03 Å². The maximum atomic E-state index is 12.3. The minimum atomic E-state index is 0.102. The number of benzene rings is 1. The Morgan fingerprint density at radius 1 is 1.16 bits per heavy atom. The quantitative estimate of drug-likeness (QED) is 0.772. The molecule has 0 aromatic heterocycles. The standard InChI is InChI=1S/C20H31N3O2/c24-20(21-10-4-7-19-9-16-25-17-19)23-14-12-22(13-15-23)11-8-18-5-2-1-3-6-18/h1-3,5-6,19H,4,7-17H2,(H,21,24)/t19-/m0/s1. The highest BCUT2D eigenvalue weighted by molar-refractivity contribution is 5.74. The third-order valence-electron chi connectivity index (χ3n) is 5.31. The first-order chi connectivity index (χ1) is 12.3. The fourth-order valence-corrected chi connectivity index (χ4v) is 3.62. The highest BCUT2D eigenvalue weighted by atomic mass is 16.5. The maximum absolute atomic E-state index is 12.3. The van der Waals surface area contributed by atoms with Crippen molar-refractivity contribution in [1.82, 2.24) is 15.1 Å². The largest absolute Gasteiger partial charge is 0.381 e. The number of nitrogens with one attached hydrogen (secondary N) is 1. The van der Waals surface area contributed by atoms with Crippen molar-refractivity contribution in [2.24, 2.45) is 5.92 Å². The number of ether oxygens (including phenoxy) is 1. The lowest BCUT2D eigenvalue weighted by atomic mass is 10.0. The van der Waals surface area contributed by atoms with E-state index in [4.69, 9.17) is 4.74 Å². The summed E-state index contributed by atoms with van der Waals surface area (Å²) in [5, 5.41) is 3.08. The van der Waals surface area contributed by atoms with E-state index in [9.17, 15) is 4.79 Å². The number of hydrogen-bond acceptors (Lipinski definition) is 3. The van der Waals surface area contributed by atoms with Crippen LogP contribution in [0.1, 0.15) is 24.8 Å². The molecular weight excluding hydrogens is 314 g/mol. The molecule has 1 aromatic carbocycles. The first-order valence-electron chi connectivity index (χ1n) is 9.68. The van der Waals surface area contributed by atoms with Crippen LogP contribution in [0.2, 0.25) is 0 Å². The van der Waals surface area contributed by atoms with Crippen LogP contribution in [0.25, 0.3) is 0 Å². The Bertz CT molecular complexity index is 509. The molecule has 25 heavy (non-hydrogen) atoms. The van der Waals surface area contributed by atoms with Gasteiger partial charge in [-0.15, -0.1) is 0 Å². The van der Waals surface area contributed by atoms with Crippen LogP contribution in [-0.4, -0.2) is 68.3 Å². The second kappa shape index (κ2) is 9.78. The molecule has 1 aromatic rings. The first kappa shape index (κ1) is 18.2. The van der Waals surface area contributed by atoms with Crippen molar-refractivity contribution in [2.75, 3.05) is 52.5 Å². The highest BCUT2D eigenvalue weighted by Crippen LogP contribution is 2.17. The van der Waals surface area contributed by atoms with Crippen molar-refractivity contribution in [3.8, 4) is 0 Å². The summed E-state index contributed by atoms with van der Waals surface area (Å²) in [5.74, 6) is 0.699. The summed E-state index contributed by atoms with van der Waals surface area (Å²) >= 11 is 0. The first-order valence-corrected chi connectivity index (χ1v) is 9.68. The summed E-state index contributed by atoms with van der Waals surface area (Å²) in [4.78, 5) is 16.7. The number of urea groups is 1. The van der Waals surface area contributed by atoms with Gasteiger partial charge in [-0.1, -0.05) is 30.3 Å². The SMILES string of the molecule is O=C(NCCC[C@H]1CCOC1)N1CCN(CCc2ccccc2)CC1. The average molecular weight is 345 g/mol. The fraction of sp³-hybridized carbons (Fsp3) is 0.650. The van der Waals surface area contributed by atoms with Crippen molar-refractivity contribution in [3.05, 3.63) is 35.9 Å². The third-order valence-corrected chi connectivity index (χ3v) is 5.31. The fourth-order valence-electron chi connectivity index (χ4n) is 3.62. The van der Waals surface area contributed by atoms with Gasteiger partial charge < -0.3 is 15.0 Å². The van der Waals surface area contributed by atoms with E-state index < -0.39 is 0 Å². The molecule has 0 aliphatic carbocycles. The Kier molecular flexibility index (Phi) is 7.12. The zero-order chi connectivity index (χ0) is 17.3. The molecule has 2 fully saturated rings. The Labute approximate surface area is 151 Å². The van der Waals surface area contributed by atoms with Gasteiger partial charge in [0.05, 0.1) is 0 Å². The molecule has 2 amide bonds. The Balaban J connectivity index is 1.27. The lowest BCUT2D eigenvalue weighted by Crippen LogP contribution is -2.52. The zero-order valence-corrected chi connectivity index (χ0v) is 15.2. The van der Waals surface area contributed by atoms with Crippen molar-refractivity contribution in [3.63, 3.8) is 0 Å². The number of carbonyl (C=O) groups is 1. The summed E-state index contributed by atoms with van der Waals surface area (Å²) in [6.07, 6.45) is 4.47. The van der Waals surface area contributed by atoms with Crippen LogP contribution >= 0.6 is 0 Å².